The van der Waals surface area contributed by atoms with Crippen LogP contribution >= 0.6 is 0 Å². The van der Waals surface area contributed by atoms with Gasteiger partial charge in [0.15, 0.2) is 0 Å². The Morgan fingerprint density at radius 1 is 1.07 bits per heavy atom. The summed E-state index contributed by atoms with van der Waals surface area (Å²) in [5, 5.41) is 1.61. The second kappa shape index (κ2) is 6.44. The maximum absolute atomic E-state index is 11.4. The molecule has 0 aliphatic carbocycles. The first-order valence-electron chi connectivity index (χ1n) is 8.59. The number of rotatable bonds is 5. The SMILES string of the molecule is CC1N(CCCS(=O)(=O)O)c2ccc3cc(S(=O)(=O)O)ccc3c2C1(C)C. The van der Waals surface area contributed by atoms with Gasteiger partial charge in [0.1, 0.15) is 0 Å². The predicted molar refractivity (Wildman–Crippen MR) is 105 cm³/mol. The molecule has 0 fully saturated rings. The Morgan fingerprint density at radius 2 is 1.74 bits per heavy atom. The van der Waals surface area contributed by atoms with E-state index in [0.717, 1.165) is 16.6 Å². The van der Waals surface area contributed by atoms with E-state index in [1.54, 1.807) is 12.1 Å². The molecular formula is C18H23NO6S2. The highest BCUT2D eigenvalue weighted by Crippen LogP contribution is 2.48. The summed E-state index contributed by atoms with van der Waals surface area (Å²) < 4.78 is 63.1. The Morgan fingerprint density at radius 3 is 2.33 bits per heavy atom. The van der Waals surface area contributed by atoms with Gasteiger partial charge in [-0.05, 0) is 47.9 Å². The van der Waals surface area contributed by atoms with E-state index in [1.165, 1.54) is 12.1 Å². The Bertz CT molecular complexity index is 1110. The molecule has 7 nitrogen and oxygen atoms in total. The molecule has 2 N–H and O–H groups in total. The lowest BCUT2D eigenvalue weighted by Crippen LogP contribution is -2.39. The van der Waals surface area contributed by atoms with Crippen LogP contribution in [-0.4, -0.2) is 44.3 Å². The first-order valence-corrected chi connectivity index (χ1v) is 11.6. The van der Waals surface area contributed by atoms with Crippen molar-refractivity contribution >= 4 is 36.7 Å². The highest BCUT2D eigenvalue weighted by atomic mass is 32.2. The van der Waals surface area contributed by atoms with Crippen LogP contribution in [0.2, 0.25) is 0 Å². The van der Waals surface area contributed by atoms with Crippen LogP contribution in [0, 0.1) is 0 Å². The lowest BCUT2D eigenvalue weighted by Gasteiger charge is -2.31. The van der Waals surface area contributed by atoms with E-state index in [0.29, 0.717) is 18.4 Å². The number of hydrogen-bond donors (Lipinski definition) is 2. The second-order valence-corrected chi connectivity index (χ2v) is 10.5. The van der Waals surface area contributed by atoms with Crippen LogP contribution in [0.1, 0.15) is 32.8 Å². The molecule has 2 aromatic carbocycles. The summed E-state index contributed by atoms with van der Waals surface area (Å²) in [6.07, 6.45) is 0.304. The normalized spacial score (nSPS) is 19.4. The predicted octanol–water partition coefficient (Wildman–Crippen LogP) is 2.85. The van der Waals surface area contributed by atoms with Crippen molar-refractivity contribution in [1.82, 2.24) is 0 Å². The molecule has 0 bridgehead atoms. The zero-order valence-electron chi connectivity index (χ0n) is 15.4. The van der Waals surface area contributed by atoms with Crippen molar-refractivity contribution in [2.24, 2.45) is 0 Å². The maximum atomic E-state index is 11.4. The van der Waals surface area contributed by atoms with E-state index in [9.17, 15) is 21.4 Å². The molecule has 2 aromatic rings. The number of hydrogen-bond acceptors (Lipinski definition) is 5. The fraction of sp³-hybridized carbons (Fsp3) is 0.444. The summed E-state index contributed by atoms with van der Waals surface area (Å²) in [7, 11) is -8.28. The number of anilines is 1. The van der Waals surface area contributed by atoms with Gasteiger partial charge < -0.3 is 4.90 Å². The van der Waals surface area contributed by atoms with Crippen LogP contribution in [0.4, 0.5) is 5.69 Å². The largest absolute Gasteiger partial charge is 0.368 e. The summed E-state index contributed by atoms with van der Waals surface area (Å²) in [6.45, 7) is 6.72. The monoisotopic (exact) mass is 413 g/mol. The molecule has 27 heavy (non-hydrogen) atoms. The van der Waals surface area contributed by atoms with E-state index < -0.39 is 20.2 Å². The van der Waals surface area contributed by atoms with Gasteiger partial charge in [-0.25, -0.2) is 0 Å². The van der Waals surface area contributed by atoms with Gasteiger partial charge in [0.05, 0.1) is 10.6 Å². The average molecular weight is 414 g/mol. The minimum atomic E-state index is -4.28. The average Bonchev–Trinajstić information content (AvgIpc) is 2.73. The lowest BCUT2D eigenvalue weighted by atomic mass is 9.79. The minimum absolute atomic E-state index is 0.0840. The van der Waals surface area contributed by atoms with Crippen molar-refractivity contribution in [3.63, 3.8) is 0 Å². The van der Waals surface area contributed by atoms with Crippen molar-refractivity contribution in [2.75, 3.05) is 17.2 Å². The lowest BCUT2D eigenvalue weighted by molar-refractivity contribution is 0.441. The highest BCUT2D eigenvalue weighted by molar-refractivity contribution is 7.86. The molecule has 9 heteroatoms. The standard InChI is InChI=1S/C18H23NO6S2/c1-12-18(2,3)17-15-7-6-14(27(23,24)25)11-13(15)5-8-16(17)19(12)9-4-10-26(20,21)22/h5-8,11-12H,4,9-10H2,1-3H3,(H,20,21,22)(H,23,24,25). The molecule has 3 rings (SSSR count). The van der Waals surface area contributed by atoms with Crippen molar-refractivity contribution in [3.8, 4) is 0 Å². The van der Waals surface area contributed by atoms with Gasteiger partial charge >= 0.3 is 0 Å². The van der Waals surface area contributed by atoms with Gasteiger partial charge in [0, 0.05) is 23.7 Å². The van der Waals surface area contributed by atoms with Gasteiger partial charge in [0.2, 0.25) is 0 Å². The van der Waals surface area contributed by atoms with Gasteiger partial charge in [-0.2, -0.15) is 16.8 Å². The Hall–Kier alpha value is -1.68. The van der Waals surface area contributed by atoms with E-state index >= 15 is 0 Å². The third-order valence-corrected chi connectivity index (χ3v) is 7.19. The van der Waals surface area contributed by atoms with Crippen LogP contribution in [0.15, 0.2) is 35.2 Å². The number of nitrogens with zero attached hydrogens (tertiary/aromatic N) is 1. The van der Waals surface area contributed by atoms with Crippen molar-refractivity contribution < 1.29 is 25.9 Å². The van der Waals surface area contributed by atoms with Crippen molar-refractivity contribution in [3.05, 3.63) is 35.9 Å². The molecular weight excluding hydrogens is 390 g/mol. The second-order valence-electron chi connectivity index (χ2n) is 7.55. The Kier molecular flexibility index (Phi) is 4.79. The first-order chi connectivity index (χ1) is 12.3. The summed E-state index contributed by atoms with van der Waals surface area (Å²) in [5.41, 5.74) is 1.77. The molecule has 0 aromatic heterocycles. The molecule has 148 valence electrons. The van der Waals surface area contributed by atoms with Crippen molar-refractivity contribution in [2.45, 2.75) is 43.5 Å². The molecule has 1 atom stereocenters. The Balaban J connectivity index is 2.08. The third-order valence-electron chi connectivity index (χ3n) is 5.53. The van der Waals surface area contributed by atoms with Crippen LogP contribution in [0.5, 0.6) is 0 Å². The van der Waals surface area contributed by atoms with Gasteiger partial charge in [-0.15, -0.1) is 0 Å². The number of fused-ring (bicyclic) bond motifs is 3. The zero-order valence-corrected chi connectivity index (χ0v) is 17.0. The van der Waals surface area contributed by atoms with E-state index in [1.807, 2.05) is 6.07 Å². The minimum Gasteiger partial charge on any atom is -0.368 e. The summed E-state index contributed by atoms with van der Waals surface area (Å²) in [6, 6.07) is 8.32. The van der Waals surface area contributed by atoms with Crippen LogP contribution in [-0.2, 0) is 25.7 Å². The maximum Gasteiger partial charge on any atom is 0.294 e. The van der Waals surface area contributed by atoms with Crippen molar-refractivity contribution in [1.29, 1.82) is 0 Å². The van der Waals surface area contributed by atoms with E-state index in [2.05, 4.69) is 25.7 Å². The molecule has 1 heterocycles. The summed E-state index contributed by atoms with van der Waals surface area (Å²) in [5.74, 6) is -0.294. The van der Waals surface area contributed by atoms with Gasteiger partial charge in [-0.1, -0.05) is 26.0 Å². The zero-order chi connectivity index (χ0) is 20.2. The fourth-order valence-electron chi connectivity index (χ4n) is 3.91. The van der Waals surface area contributed by atoms with E-state index in [4.69, 9.17) is 4.55 Å². The summed E-state index contributed by atoms with van der Waals surface area (Å²) >= 11 is 0. The third kappa shape index (κ3) is 3.69. The van der Waals surface area contributed by atoms with Gasteiger partial charge in [0.25, 0.3) is 20.2 Å². The van der Waals surface area contributed by atoms with Crippen LogP contribution < -0.4 is 4.90 Å². The number of benzene rings is 2. The topological polar surface area (TPSA) is 112 Å². The van der Waals surface area contributed by atoms with Crippen LogP contribution in [0.25, 0.3) is 10.8 Å². The molecule has 1 aliphatic rings. The van der Waals surface area contributed by atoms with E-state index in [-0.39, 0.29) is 22.1 Å². The van der Waals surface area contributed by atoms with Crippen LogP contribution in [0.3, 0.4) is 0 Å². The molecule has 0 amide bonds. The quantitative estimate of drug-likeness (QED) is 0.725. The summed E-state index contributed by atoms with van der Waals surface area (Å²) in [4.78, 5) is 1.97. The molecule has 1 aliphatic heterocycles. The molecule has 0 radical (unpaired) electrons. The molecule has 0 saturated heterocycles. The Labute approximate surface area is 159 Å². The molecule has 1 unspecified atom stereocenters. The molecule has 0 spiro atoms. The smallest absolute Gasteiger partial charge is 0.294 e. The first kappa shape index (κ1) is 20.1. The fourth-order valence-corrected chi connectivity index (χ4v) is 4.92. The van der Waals surface area contributed by atoms with Gasteiger partial charge in [-0.3, -0.25) is 9.11 Å². The highest BCUT2D eigenvalue weighted by Gasteiger charge is 2.42. The molecule has 0 saturated carbocycles.